The normalized spacial score (nSPS) is 27.6. The van der Waals surface area contributed by atoms with Crippen LogP contribution in [0.1, 0.15) is 47.3 Å². The molecule has 0 spiro atoms. The first kappa shape index (κ1) is 22.2. The number of hydrogen-bond donors (Lipinski definition) is 1. The second-order valence-electron chi connectivity index (χ2n) is 8.43. The zero-order valence-electron chi connectivity index (χ0n) is 17.0. The van der Waals surface area contributed by atoms with Gasteiger partial charge in [-0.15, -0.1) is 0 Å². The van der Waals surface area contributed by atoms with Crippen molar-refractivity contribution in [1.82, 2.24) is 9.55 Å². The third-order valence-corrected chi connectivity index (χ3v) is 10.4. The monoisotopic (exact) mass is 418 g/mol. The topological polar surface area (TPSA) is 99.9 Å². The Morgan fingerprint density at radius 1 is 1.41 bits per heavy atom. The second kappa shape index (κ2) is 8.12. The van der Waals surface area contributed by atoms with E-state index in [1.165, 1.54) is 16.8 Å². The first-order valence-corrected chi connectivity index (χ1v) is 13.0. The number of ether oxygens (including phenoxy) is 1. The lowest BCUT2D eigenvalue weighted by Gasteiger charge is -2.40. The predicted octanol–water partition coefficient (Wildman–Crippen LogP) is 3.09. The van der Waals surface area contributed by atoms with E-state index in [4.69, 9.17) is 13.7 Å². The van der Waals surface area contributed by atoms with E-state index < -0.39 is 31.6 Å². The summed E-state index contributed by atoms with van der Waals surface area (Å²) in [5.74, 6) is -0.0982. The van der Waals surface area contributed by atoms with Gasteiger partial charge < -0.3 is 13.3 Å². The van der Waals surface area contributed by atoms with Crippen LogP contribution in [0.2, 0.25) is 18.1 Å². The van der Waals surface area contributed by atoms with Gasteiger partial charge in [0.15, 0.2) is 14.5 Å². The average molecular weight is 419 g/mol. The van der Waals surface area contributed by atoms with Crippen molar-refractivity contribution in [3.8, 4) is 5.88 Å². The molecule has 2 unspecified atom stereocenters. The van der Waals surface area contributed by atoms with E-state index in [1.807, 2.05) is 6.92 Å². The summed E-state index contributed by atoms with van der Waals surface area (Å²) >= 11 is -2.54. The molecular weight excluding hydrogens is 388 g/mol. The smallest absolute Gasteiger partial charge is 0.359 e. The molecule has 0 aliphatic carbocycles. The Kier molecular flexibility index (Phi) is 6.68. The first-order valence-electron chi connectivity index (χ1n) is 9.09. The highest BCUT2D eigenvalue weighted by Crippen LogP contribution is 2.43. The Hall–Kier alpha value is -1.07. The summed E-state index contributed by atoms with van der Waals surface area (Å²) < 4.78 is 38.3. The molecule has 154 valence electrons. The van der Waals surface area contributed by atoms with Crippen molar-refractivity contribution in [3.63, 3.8) is 0 Å². The van der Waals surface area contributed by atoms with E-state index >= 15 is 0 Å². The Bertz CT molecular complexity index is 748. The number of hydrogen-bond acceptors (Lipinski definition) is 6. The Balaban J connectivity index is 2.38. The minimum atomic E-state index is -2.54. The van der Waals surface area contributed by atoms with E-state index in [0.717, 1.165) is 6.42 Å². The third kappa shape index (κ3) is 4.86. The minimum absolute atomic E-state index is 0.0215. The van der Waals surface area contributed by atoms with Gasteiger partial charge in [-0.05, 0) is 24.6 Å². The van der Waals surface area contributed by atoms with Crippen molar-refractivity contribution in [1.29, 1.82) is 0 Å². The maximum absolute atomic E-state index is 12.5. The van der Waals surface area contributed by atoms with Crippen LogP contribution in [0.25, 0.3) is 0 Å². The van der Waals surface area contributed by atoms with Crippen LogP contribution < -0.4 is 9.87 Å². The van der Waals surface area contributed by atoms with Crippen molar-refractivity contribution in [2.75, 3.05) is 0 Å². The van der Waals surface area contributed by atoms with Gasteiger partial charge in [0.1, 0.15) is 0 Å². The van der Waals surface area contributed by atoms with Crippen LogP contribution in [-0.4, -0.2) is 38.8 Å². The highest BCUT2D eigenvalue weighted by Gasteiger charge is 2.48. The van der Waals surface area contributed by atoms with E-state index in [1.54, 1.807) is 0 Å². The molecule has 2 heterocycles. The minimum Gasteiger partial charge on any atom is -0.409 e. The van der Waals surface area contributed by atoms with E-state index in [9.17, 15) is 9.00 Å². The summed E-state index contributed by atoms with van der Waals surface area (Å²) in [6.07, 6.45) is 1.36. The van der Waals surface area contributed by atoms with Crippen LogP contribution >= 0.6 is 0 Å². The fourth-order valence-corrected chi connectivity index (χ4v) is 4.54. The maximum Gasteiger partial charge on any atom is 0.359 e. The Morgan fingerprint density at radius 3 is 2.52 bits per heavy atom. The molecule has 0 aromatic carbocycles. The van der Waals surface area contributed by atoms with Gasteiger partial charge in [-0.2, -0.15) is 9.19 Å². The highest BCUT2D eigenvalue weighted by atomic mass is 32.2. The Morgan fingerprint density at radius 2 is 2.04 bits per heavy atom. The predicted molar refractivity (Wildman–Crippen MR) is 105 cm³/mol. The summed E-state index contributed by atoms with van der Waals surface area (Å²) in [4.78, 5) is 16.2. The van der Waals surface area contributed by atoms with E-state index in [0.29, 0.717) is 0 Å². The molecule has 0 amide bonds. The number of nitrogens with zero attached hydrogens (tertiary/aromatic N) is 2. The summed E-state index contributed by atoms with van der Waals surface area (Å²) in [5.41, 5.74) is -0.615. The van der Waals surface area contributed by atoms with E-state index in [2.05, 4.69) is 50.0 Å². The zero-order chi connectivity index (χ0) is 20.6. The lowest BCUT2D eigenvalue weighted by atomic mass is 9.99. The molecule has 0 saturated carbocycles. The molecule has 0 radical (unpaired) electrons. The van der Waals surface area contributed by atoms with Crippen molar-refractivity contribution in [3.05, 3.63) is 22.7 Å². The third-order valence-electron chi connectivity index (χ3n) is 5.57. The second-order valence-corrected chi connectivity index (χ2v) is 13.8. The van der Waals surface area contributed by atoms with Gasteiger partial charge in [0.25, 0.3) is 0 Å². The largest absolute Gasteiger partial charge is 0.409 e. The lowest BCUT2D eigenvalue weighted by molar-refractivity contribution is -0.0371. The lowest BCUT2D eigenvalue weighted by Crippen LogP contribution is -2.47. The zero-order valence-corrected chi connectivity index (χ0v) is 18.8. The van der Waals surface area contributed by atoms with Crippen LogP contribution in [-0.2, 0) is 20.5 Å². The van der Waals surface area contributed by atoms with E-state index in [-0.39, 0.29) is 29.0 Å². The van der Waals surface area contributed by atoms with Crippen molar-refractivity contribution in [2.45, 2.75) is 77.6 Å². The molecule has 1 aliphatic heterocycles. The quantitative estimate of drug-likeness (QED) is 0.560. The summed E-state index contributed by atoms with van der Waals surface area (Å²) in [6, 6.07) is 1.37. The molecule has 1 aromatic heterocycles. The molecule has 0 bridgehead atoms. The van der Waals surface area contributed by atoms with Gasteiger partial charge >= 0.3 is 17.1 Å². The van der Waals surface area contributed by atoms with Gasteiger partial charge in [0.2, 0.25) is 5.88 Å². The van der Waals surface area contributed by atoms with Gasteiger partial charge in [-0.3, -0.25) is 9.12 Å². The fourth-order valence-electron chi connectivity index (χ4n) is 2.94. The molecule has 8 nitrogen and oxygen atoms in total. The summed E-state index contributed by atoms with van der Waals surface area (Å²) in [6.45, 7) is 15.0. The standard InChI is InChI=1S/C17H30N2O6SSi/c1-8-12-11(2)14(25-27(6,7)17(3,4)5)15(23-12)19-10-9-13(18-16(19)20)24-26(21)22/h9-12,14-15H,8H2,1-7H3,(H,21,22)/t11?,12-,14+,15-/m1/s1. The molecule has 1 aromatic rings. The molecule has 10 heteroatoms. The van der Waals surface area contributed by atoms with Crippen molar-refractivity contribution in [2.24, 2.45) is 5.92 Å². The summed E-state index contributed by atoms with van der Waals surface area (Å²) in [7, 11) is -2.09. The maximum atomic E-state index is 12.5. The number of rotatable bonds is 6. The van der Waals surface area contributed by atoms with Crippen LogP contribution in [0, 0.1) is 5.92 Å². The number of aromatic nitrogens is 2. The summed E-state index contributed by atoms with van der Waals surface area (Å²) in [5, 5.41) is 0.0215. The van der Waals surface area contributed by atoms with Gasteiger partial charge in [-0.25, -0.2) is 4.79 Å². The Labute approximate surface area is 163 Å². The van der Waals surface area contributed by atoms with Gasteiger partial charge in [0.05, 0.1) is 12.2 Å². The molecule has 1 aliphatic rings. The molecule has 1 saturated heterocycles. The van der Waals surface area contributed by atoms with Crippen LogP contribution in [0.5, 0.6) is 5.88 Å². The van der Waals surface area contributed by atoms with Crippen LogP contribution in [0.15, 0.2) is 17.1 Å². The van der Waals surface area contributed by atoms with Gasteiger partial charge in [0, 0.05) is 18.2 Å². The molecule has 2 rings (SSSR count). The average Bonchev–Trinajstić information content (AvgIpc) is 2.82. The fraction of sp³-hybridized carbons (Fsp3) is 0.765. The van der Waals surface area contributed by atoms with Gasteiger partial charge in [-0.1, -0.05) is 34.6 Å². The SMILES string of the molecule is CC[C@H]1O[C@@H](n2ccc(OS(=O)O)nc2=O)[C@@H](O[Si](C)(C)C(C)(C)C)C1C. The molecular formula is C17H30N2O6SSi. The van der Waals surface area contributed by atoms with Crippen molar-refractivity contribution < 1.29 is 22.1 Å². The molecule has 1 fully saturated rings. The van der Waals surface area contributed by atoms with Crippen molar-refractivity contribution >= 4 is 19.7 Å². The molecule has 1 N–H and O–H groups in total. The molecule has 5 atom stereocenters. The van der Waals surface area contributed by atoms with Crippen LogP contribution in [0.3, 0.4) is 0 Å². The molecule has 27 heavy (non-hydrogen) atoms. The highest BCUT2D eigenvalue weighted by molar-refractivity contribution is 7.74. The van der Waals surface area contributed by atoms with Crippen LogP contribution in [0.4, 0.5) is 0 Å². The first-order chi connectivity index (χ1) is 12.4.